The van der Waals surface area contributed by atoms with Crippen LogP contribution in [0.4, 0.5) is 9.18 Å². The molecule has 12 nitrogen and oxygen atoms in total. The lowest BCUT2D eigenvalue weighted by Gasteiger charge is -2.43. The first kappa shape index (κ1) is 30.9. The van der Waals surface area contributed by atoms with Gasteiger partial charge in [0, 0.05) is 32.7 Å². The van der Waals surface area contributed by atoms with Crippen molar-refractivity contribution in [3.8, 4) is 11.4 Å². The highest BCUT2D eigenvalue weighted by Crippen LogP contribution is 2.27. The predicted molar refractivity (Wildman–Crippen MR) is 157 cm³/mol. The molecule has 0 unspecified atom stereocenters. The normalized spacial score (nSPS) is 18.7. The van der Waals surface area contributed by atoms with Crippen LogP contribution in [0.15, 0.2) is 54.6 Å². The molecule has 0 radical (unpaired) electrons. The van der Waals surface area contributed by atoms with Crippen LogP contribution in [0.25, 0.3) is 5.69 Å². The van der Waals surface area contributed by atoms with Gasteiger partial charge in [0.2, 0.25) is 5.91 Å². The van der Waals surface area contributed by atoms with Crippen LogP contribution in [0, 0.1) is 17.7 Å². The molecular formula is C31H37FN6O6. The van der Waals surface area contributed by atoms with Gasteiger partial charge in [-0.3, -0.25) is 9.59 Å². The predicted octanol–water partition coefficient (Wildman–Crippen LogP) is 3.31. The quantitative estimate of drug-likeness (QED) is 0.392. The van der Waals surface area contributed by atoms with Crippen LogP contribution in [0.1, 0.15) is 36.5 Å². The summed E-state index contributed by atoms with van der Waals surface area (Å²) < 4.78 is 26.3. The van der Waals surface area contributed by atoms with Crippen LogP contribution in [-0.4, -0.2) is 105 Å². The van der Waals surface area contributed by atoms with Gasteiger partial charge in [0.05, 0.1) is 30.9 Å². The number of benzene rings is 2. The molecule has 3 amide bonds. The highest BCUT2D eigenvalue weighted by molar-refractivity contribution is 5.94. The molecule has 2 atom stereocenters. The largest absolute Gasteiger partial charge is 0.487 e. The number of rotatable bonds is 9. The number of halogens is 1. The summed E-state index contributed by atoms with van der Waals surface area (Å²) >= 11 is 0. The molecule has 0 saturated carbocycles. The van der Waals surface area contributed by atoms with Crippen LogP contribution in [0.2, 0.25) is 0 Å². The molecule has 0 aliphatic carbocycles. The summed E-state index contributed by atoms with van der Waals surface area (Å²) in [7, 11) is 0. The Kier molecular flexibility index (Phi) is 9.73. The number of piperidine rings is 1. The zero-order valence-corrected chi connectivity index (χ0v) is 24.8. The van der Waals surface area contributed by atoms with Crippen molar-refractivity contribution in [2.24, 2.45) is 11.8 Å². The number of amides is 3. The maximum atomic E-state index is 14.4. The minimum absolute atomic E-state index is 0.0376. The summed E-state index contributed by atoms with van der Waals surface area (Å²) in [5, 5.41) is 18.5. The average molecular weight is 609 g/mol. The number of ether oxygens (including phenoxy) is 2. The summed E-state index contributed by atoms with van der Waals surface area (Å²) in [5.41, 5.74) is 1.10. The van der Waals surface area contributed by atoms with E-state index in [9.17, 15) is 23.9 Å². The van der Waals surface area contributed by atoms with Crippen LogP contribution in [-0.2, 0) is 16.1 Å². The van der Waals surface area contributed by atoms with E-state index in [1.165, 1.54) is 33.8 Å². The Balaban J connectivity index is 1.47. The van der Waals surface area contributed by atoms with Gasteiger partial charge in [0.25, 0.3) is 5.91 Å². The van der Waals surface area contributed by atoms with Crippen molar-refractivity contribution in [1.29, 1.82) is 0 Å². The summed E-state index contributed by atoms with van der Waals surface area (Å²) in [4.78, 5) is 44.6. The third kappa shape index (κ3) is 7.16. The zero-order chi connectivity index (χ0) is 31.2. The molecule has 2 aromatic carbocycles. The van der Waals surface area contributed by atoms with Crippen molar-refractivity contribution in [2.45, 2.75) is 32.9 Å². The lowest BCUT2D eigenvalue weighted by atomic mass is 9.91. The Morgan fingerprint density at radius 1 is 1.05 bits per heavy atom. The second-order valence-corrected chi connectivity index (χ2v) is 11.4. The fourth-order valence-electron chi connectivity index (χ4n) is 5.66. The second-order valence-electron chi connectivity index (χ2n) is 11.4. The van der Waals surface area contributed by atoms with Crippen LogP contribution in [0.3, 0.4) is 0 Å². The van der Waals surface area contributed by atoms with E-state index in [4.69, 9.17) is 9.47 Å². The highest BCUT2D eigenvalue weighted by atomic mass is 19.1. The lowest BCUT2D eigenvalue weighted by Crippen LogP contribution is -2.58. The molecule has 3 aromatic rings. The Labute approximate surface area is 254 Å². The SMILES string of the molecule is CC(C)CN(C(=O)c1nnn(-c2ccccc2)c1COc1ccc(F)cc1)[C@H]1C[C@@H](C(=O)N2CCOCC2)CN(C(=O)O)C1. The first-order valence-electron chi connectivity index (χ1n) is 14.7. The Morgan fingerprint density at radius 2 is 1.75 bits per heavy atom. The number of hydrogen-bond acceptors (Lipinski definition) is 7. The van der Waals surface area contributed by atoms with E-state index in [2.05, 4.69) is 10.3 Å². The van der Waals surface area contributed by atoms with Gasteiger partial charge < -0.3 is 29.3 Å². The number of likely N-dealkylation sites (tertiary alicyclic amines) is 1. The van der Waals surface area contributed by atoms with Crippen LogP contribution >= 0.6 is 0 Å². The molecule has 2 aliphatic heterocycles. The van der Waals surface area contributed by atoms with Crippen molar-refractivity contribution in [3.63, 3.8) is 0 Å². The first-order valence-corrected chi connectivity index (χ1v) is 14.7. The topological polar surface area (TPSA) is 130 Å². The molecule has 0 bridgehead atoms. The number of carboxylic acid groups (broad SMARTS) is 1. The standard InChI is InChI=1S/C31H37FN6O6/c1-21(2)17-37(25-16-22(18-36(19-25)31(41)42)29(39)35-12-14-43-15-13-35)30(40)28-27(20-44-26-10-8-23(32)9-11-26)38(34-33-28)24-6-4-3-5-7-24/h3-11,21-22,25H,12-20H2,1-2H3,(H,41,42)/t22-,25+/m1/s1. The van der Waals surface area contributed by atoms with Gasteiger partial charge in [-0.05, 0) is 48.7 Å². The summed E-state index contributed by atoms with van der Waals surface area (Å²) in [6.07, 6.45) is -0.832. The number of aromatic nitrogens is 3. The van der Waals surface area contributed by atoms with Gasteiger partial charge in [0.1, 0.15) is 23.9 Å². The fraction of sp³-hybridized carbons (Fsp3) is 0.452. The minimum Gasteiger partial charge on any atom is -0.487 e. The number of carbonyl (C=O) groups is 3. The molecule has 5 rings (SSSR count). The van der Waals surface area contributed by atoms with E-state index >= 15 is 0 Å². The van der Waals surface area contributed by atoms with E-state index in [1.54, 1.807) is 9.80 Å². The number of morpholine rings is 1. The molecule has 1 N–H and O–H groups in total. The first-order chi connectivity index (χ1) is 21.2. The van der Waals surface area contributed by atoms with E-state index in [0.717, 1.165) is 0 Å². The van der Waals surface area contributed by atoms with Crippen molar-refractivity contribution < 1.29 is 33.4 Å². The van der Waals surface area contributed by atoms with Gasteiger partial charge in [-0.2, -0.15) is 0 Å². The van der Waals surface area contributed by atoms with Gasteiger partial charge >= 0.3 is 6.09 Å². The monoisotopic (exact) mass is 608 g/mol. The summed E-state index contributed by atoms with van der Waals surface area (Å²) in [5.74, 6) is -1.14. The van der Waals surface area contributed by atoms with E-state index in [1.807, 2.05) is 44.2 Å². The summed E-state index contributed by atoms with van der Waals surface area (Å²) in [6, 6.07) is 14.2. The molecule has 44 heavy (non-hydrogen) atoms. The molecule has 3 heterocycles. The molecule has 2 fully saturated rings. The number of hydrogen-bond donors (Lipinski definition) is 1. The van der Waals surface area contributed by atoms with Gasteiger partial charge in [-0.15, -0.1) is 5.10 Å². The van der Waals surface area contributed by atoms with Gasteiger partial charge in [-0.25, -0.2) is 13.9 Å². The molecular weight excluding hydrogens is 571 g/mol. The lowest BCUT2D eigenvalue weighted by molar-refractivity contribution is -0.142. The highest BCUT2D eigenvalue weighted by Gasteiger charge is 2.41. The zero-order valence-electron chi connectivity index (χ0n) is 24.8. The van der Waals surface area contributed by atoms with Crippen molar-refractivity contribution in [3.05, 3.63) is 71.8 Å². The van der Waals surface area contributed by atoms with Crippen molar-refractivity contribution >= 4 is 17.9 Å². The Hall–Kier alpha value is -4.52. The molecule has 2 aliphatic rings. The molecule has 1 aromatic heterocycles. The third-order valence-electron chi connectivity index (χ3n) is 7.79. The van der Waals surface area contributed by atoms with Crippen LogP contribution < -0.4 is 4.74 Å². The van der Waals surface area contributed by atoms with Crippen LogP contribution in [0.5, 0.6) is 5.75 Å². The van der Waals surface area contributed by atoms with E-state index in [0.29, 0.717) is 56.4 Å². The smallest absolute Gasteiger partial charge is 0.407 e. The number of para-hydroxylation sites is 1. The maximum absolute atomic E-state index is 14.4. The van der Waals surface area contributed by atoms with Crippen molar-refractivity contribution in [1.82, 2.24) is 29.7 Å². The van der Waals surface area contributed by atoms with Crippen molar-refractivity contribution in [2.75, 3.05) is 45.9 Å². The molecule has 234 valence electrons. The van der Waals surface area contributed by atoms with Gasteiger partial charge in [-0.1, -0.05) is 37.3 Å². The maximum Gasteiger partial charge on any atom is 0.407 e. The number of nitrogens with zero attached hydrogens (tertiary/aromatic N) is 6. The summed E-state index contributed by atoms with van der Waals surface area (Å²) in [6.45, 7) is 6.04. The molecule has 13 heteroatoms. The van der Waals surface area contributed by atoms with E-state index < -0.39 is 29.8 Å². The Bertz CT molecular complexity index is 1440. The van der Waals surface area contributed by atoms with Gasteiger partial charge in [0.15, 0.2) is 5.69 Å². The average Bonchev–Trinajstić information content (AvgIpc) is 3.47. The molecule has 2 saturated heterocycles. The number of carbonyl (C=O) groups excluding carboxylic acids is 2. The Morgan fingerprint density at radius 3 is 2.41 bits per heavy atom. The van der Waals surface area contributed by atoms with E-state index in [-0.39, 0.29) is 37.2 Å². The minimum atomic E-state index is -1.14. The molecule has 0 spiro atoms. The fourth-order valence-corrected chi connectivity index (χ4v) is 5.66. The third-order valence-corrected chi connectivity index (χ3v) is 7.79. The second kappa shape index (κ2) is 13.8.